The largest absolute Gasteiger partial charge is 0.805 e. The Labute approximate surface area is 115 Å². The van der Waals surface area contributed by atoms with Crippen molar-refractivity contribution in [3.05, 3.63) is 58.6 Å². The molecular weight excluding hydrogens is 294 g/mol. The van der Waals surface area contributed by atoms with Crippen LogP contribution in [0.3, 0.4) is 0 Å². The Hall–Kier alpha value is -1.28. The summed E-state index contributed by atoms with van der Waals surface area (Å²) in [5.41, 5.74) is 0. The quantitative estimate of drug-likeness (QED) is 0.736. The molecule has 0 saturated heterocycles. The predicted molar refractivity (Wildman–Crippen MR) is 71.8 cm³/mol. The summed E-state index contributed by atoms with van der Waals surface area (Å²) in [6, 6.07) is 13.2. The Morgan fingerprint density at radius 3 is 1.67 bits per heavy atom. The van der Waals surface area contributed by atoms with Crippen LogP contribution in [0.5, 0.6) is 11.5 Å². The monoisotopic (exact) mass is 301 g/mol. The van der Waals surface area contributed by atoms with Gasteiger partial charge in [-0.3, -0.25) is 0 Å². The molecule has 0 saturated carbocycles. The average Bonchev–Trinajstić information content (AvgIpc) is 2.28. The molecule has 0 amide bonds. The van der Waals surface area contributed by atoms with Gasteiger partial charge < -0.3 is 0 Å². The van der Waals surface area contributed by atoms with E-state index in [-0.39, 0.29) is 0 Å². The van der Waals surface area contributed by atoms with Gasteiger partial charge in [-0.1, -0.05) is 35.3 Å². The lowest BCUT2D eigenvalue weighted by Crippen LogP contribution is -1.88. The Morgan fingerprint density at radius 2 is 1.28 bits per heavy atom. The number of hydrogen-bond donors (Lipinski definition) is 0. The van der Waals surface area contributed by atoms with Gasteiger partial charge in [0.25, 0.3) is 0 Å². The van der Waals surface area contributed by atoms with Crippen molar-refractivity contribution in [3.63, 3.8) is 0 Å². The third kappa shape index (κ3) is 3.88. The lowest BCUT2D eigenvalue weighted by molar-refractivity contribution is 0.415. The van der Waals surface area contributed by atoms with Crippen LogP contribution in [0.1, 0.15) is 0 Å². The third-order valence-electron chi connectivity index (χ3n) is 1.95. The van der Waals surface area contributed by atoms with E-state index in [1.807, 2.05) is 0 Å². The predicted octanol–water partition coefficient (Wildman–Crippen LogP) is 5.11. The van der Waals surface area contributed by atoms with Crippen molar-refractivity contribution in [2.24, 2.45) is 0 Å². The van der Waals surface area contributed by atoms with E-state index in [1.54, 1.807) is 48.5 Å². The Bertz CT molecular complexity index is 525. The molecule has 18 heavy (non-hydrogen) atoms. The maximum absolute atomic E-state index is 11.6. The van der Waals surface area contributed by atoms with Crippen molar-refractivity contribution in [2.45, 2.75) is 0 Å². The maximum Gasteiger partial charge on any atom is 0.805 e. The first-order chi connectivity index (χ1) is 8.63. The summed E-state index contributed by atoms with van der Waals surface area (Å²) >= 11 is 11.6. The van der Waals surface area contributed by atoms with Crippen LogP contribution >= 0.6 is 31.5 Å². The minimum Gasteiger partial charge on any atom is -0.222 e. The Morgan fingerprint density at radius 1 is 0.833 bits per heavy atom. The van der Waals surface area contributed by atoms with E-state index in [1.165, 1.54) is 0 Å². The fourth-order valence-corrected chi connectivity index (χ4v) is 2.21. The van der Waals surface area contributed by atoms with Crippen LogP contribution in [0.4, 0.5) is 0 Å². The lowest BCUT2D eigenvalue weighted by atomic mass is 10.3. The number of benzene rings is 2. The molecule has 6 heteroatoms. The standard InChI is InChI=1S/C12H8Cl2O3P/c13-9-3-1-5-11(7-9)16-18(15)17-12-6-2-4-10(14)8-12/h1-8H/q+1. The topological polar surface area (TPSA) is 35.5 Å². The summed E-state index contributed by atoms with van der Waals surface area (Å²) in [5, 5.41) is 0.998. The summed E-state index contributed by atoms with van der Waals surface area (Å²) in [5.74, 6) is 0.760. The molecule has 2 aromatic rings. The molecular formula is C12H8Cl2O3P+. The summed E-state index contributed by atoms with van der Waals surface area (Å²) in [7, 11) is -2.33. The van der Waals surface area contributed by atoms with E-state index in [2.05, 4.69) is 0 Å². The zero-order valence-electron chi connectivity index (χ0n) is 9.05. The van der Waals surface area contributed by atoms with Crippen LogP contribution in [-0.4, -0.2) is 0 Å². The second-order valence-corrected chi connectivity index (χ2v) is 5.01. The minimum absolute atomic E-state index is 0.380. The molecule has 2 aromatic carbocycles. The summed E-state index contributed by atoms with van der Waals surface area (Å²) in [6.45, 7) is 0. The van der Waals surface area contributed by atoms with Gasteiger partial charge in [-0.2, -0.15) is 0 Å². The van der Waals surface area contributed by atoms with Crippen LogP contribution in [-0.2, 0) is 4.57 Å². The summed E-state index contributed by atoms with van der Waals surface area (Å²) in [4.78, 5) is 0. The van der Waals surface area contributed by atoms with E-state index < -0.39 is 8.25 Å². The first-order valence-electron chi connectivity index (χ1n) is 4.98. The van der Waals surface area contributed by atoms with Crippen LogP contribution < -0.4 is 9.05 Å². The van der Waals surface area contributed by atoms with E-state index in [9.17, 15) is 4.57 Å². The molecule has 0 aromatic heterocycles. The average molecular weight is 302 g/mol. The van der Waals surface area contributed by atoms with Crippen molar-refractivity contribution in [1.29, 1.82) is 0 Å². The minimum atomic E-state index is -2.33. The van der Waals surface area contributed by atoms with Crippen LogP contribution in [0.2, 0.25) is 10.0 Å². The molecule has 0 heterocycles. The highest BCUT2D eigenvalue weighted by Gasteiger charge is 2.24. The first kappa shape index (κ1) is 13.2. The van der Waals surface area contributed by atoms with Crippen LogP contribution in [0, 0.1) is 0 Å². The van der Waals surface area contributed by atoms with Crippen molar-refractivity contribution < 1.29 is 13.6 Å². The first-order valence-corrected chi connectivity index (χ1v) is 6.83. The number of halogens is 2. The molecule has 0 N–H and O–H groups in total. The summed E-state index contributed by atoms with van der Waals surface area (Å²) in [6.07, 6.45) is 0. The Balaban J connectivity index is 2.01. The molecule has 92 valence electrons. The van der Waals surface area contributed by atoms with Gasteiger partial charge in [-0.05, 0) is 24.3 Å². The molecule has 0 aliphatic carbocycles. The molecule has 3 nitrogen and oxygen atoms in total. The van der Waals surface area contributed by atoms with Gasteiger partial charge in [0.05, 0.1) is 0 Å². The van der Waals surface area contributed by atoms with E-state index >= 15 is 0 Å². The van der Waals surface area contributed by atoms with Gasteiger partial charge in [0.15, 0.2) is 11.5 Å². The highest BCUT2D eigenvalue weighted by Crippen LogP contribution is 2.32. The molecule has 0 atom stereocenters. The fourth-order valence-electron chi connectivity index (χ4n) is 1.24. The molecule has 0 bridgehead atoms. The normalized spacial score (nSPS) is 9.89. The SMILES string of the molecule is O=[P+](Oc1cccc(Cl)c1)Oc1cccc(Cl)c1. The zero-order chi connectivity index (χ0) is 13.0. The second-order valence-electron chi connectivity index (χ2n) is 3.32. The van der Waals surface area contributed by atoms with Gasteiger partial charge in [-0.25, -0.2) is 9.05 Å². The smallest absolute Gasteiger partial charge is 0.222 e. The van der Waals surface area contributed by atoms with Crippen molar-refractivity contribution in [1.82, 2.24) is 0 Å². The Kier molecular flexibility index (Phi) is 4.43. The van der Waals surface area contributed by atoms with Crippen molar-refractivity contribution >= 4 is 31.5 Å². The molecule has 0 aliphatic heterocycles. The van der Waals surface area contributed by atoms with Gasteiger partial charge >= 0.3 is 8.25 Å². The molecule has 0 spiro atoms. The highest BCUT2D eigenvalue weighted by molar-refractivity contribution is 7.34. The molecule has 2 rings (SSSR count). The van der Waals surface area contributed by atoms with Gasteiger partial charge in [0, 0.05) is 26.7 Å². The van der Waals surface area contributed by atoms with Gasteiger partial charge in [0.1, 0.15) is 0 Å². The van der Waals surface area contributed by atoms with E-state index in [0.717, 1.165) is 0 Å². The molecule has 0 unspecified atom stereocenters. The highest BCUT2D eigenvalue weighted by atomic mass is 35.5. The van der Waals surface area contributed by atoms with Gasteiger partial charge in [-0.15, -0.1) is 0 Å². The van der Waals surface area contributed by atoms with E-state index in [4.69, 9.17) is 32.2 Å². The second kappa shape index (κ2) is 6.05. The van der Waals surface area contributed by atoms with Crippen molar-refractivity contribution in [3.8, 4) is 11.5 Å². The van der Waals surface area contributed by atoms with Crippen molar-refractivity contribution in [2.75, 3.05) is 0 Å². The summed E-state index contributed by atoms with van der Waals surface area (Å²) < 4.78 is 21.8. The van der Waals surface area contributed by atoms with Crippen LogP contribution in [0.15, 0.2) is 48.5 Å². The zero-order valence-corrected chi connectivity index (χ0v) is 11.5. The van der Waals surface area contributed by atoms with Crippen LogP contribution in [0.25, 0.3) is 0 Å². The molecule has 0 radical (unpaired) electrons. The van der Waals surface area contributed by atoms with Gasteiger partial charge in [0.2, 0.25) is 0 Å². The fraction of sp³-hybridized carbons (Fsp3) is 0. The lowest BCUT2D eigenvalue weighted by Gasteiger charge is -1.95. The number of hydrogen-bond acceptors (Lipinski definition) is 3. The van der Waals surface area contributed by atoms with E-state index in [0.29, 0.717) is 21.5 Å². The molecule has 0 fully saturated rings. The third-order valence-corrected chi connectivity index (χ3v) is 3.14. The maximum atomic E-state index is 11.6. The number of rotatable bonds is 4. The molecule has 0 aliphatic rings.